The molecule has 1 fully saturated rings. The van der Waals surface area contributed by atoms with E-state index < -0.39 is 0 Å². The van der Waals surface area contributed by atoms with E-state index in [1.807, 2.05) is 37.1 Å². The number of anilines is 1. The molecule has 1 aliphatic rings. The lowest BCUT2D eigenvalue weighted by atomic mass is 10.1. The third kappa shape index (κ3) is 6.43. The first-order valence-electron chi connectivity index (χ1n) is 10.5. The van der Waals surface area contributed by atoms with Crippen LogP contribution in [0.4, 0.5) is 5.82 Å². The van der Waals surface area contributed by atoms with Crippen LogP contribution in [-0.4, -0.2) is 58.1 Å². The van der Waals surface area contributed by atoms with Gasteiger partial charge in [-0.25, -0.2) is 15.0 Å². The maximum Gasteiger partial charge on any atom is 0.194 e. The molecule has 1 N–H and O–H groups in total. The van der Waals surface area contributed by atoms with Crippen LogP contribution in [0.5, 0.6) is 0 Å². The van der Waals surface area contributed by atoms with Crippen molar-refractivity contribution in [2.45, 2.75) is 20.0 Å². The monoisotopic (exact) mass is 531 g/mol. The first-order chi connectivity index (χ1) is 14.8. The van der Waals surface area contributed by atoms with Crippen LogP contribution in [0.1, 0.15) is 18.1 Å². The number of aliphatic imine (C=N–C) groups is 1. The van der Waals surface area contributed by atoms with Gasteiger partial charge in [0.25, 0.3) is 0 Å². The minimum absolute atomic E-state index is 0. The topological polar surface area (TPSA) is 61.6 Å². The molecule has 0 aliphatic carbocycles. The van der Waals surface area contributed by atoms with Crippen LogP contribution in [0.2, 0.25) is 0 Å². The van der Waals surface area contributed by atoms with Gasteiger partial charge in [-0.15, -0.1) is 24.0 Å². The van der Waals surface area contributed by atoms with Crippen molar-refractivity contribution in [3.8, 4) is 0 Å². The van der Waals surface area contributed by atoms with E-state index in [0.717, 1.165) is 51.0 Å². The molecule has 7 nitrogen and oxygen atoms in total. The van der Waals surface area contributed by atoms with E-state index >= 15 is 0 Å². The highest BCUT2D eigenvalue weighted by Gasteiger charge is 2.20. The summed E-state index contributed by atoms with van der Waals surface area (Å²) in [5.41, 5.74) is 2.48. The van der Waals surface area contributed by atoms with Gasteiger partial charge >= 0.3 is 0 Å². The van der Waals surface area contributed by atoms with E-state index in [2.05, 4.69) is 66.9 Å². The van der Waals surface area contributed by atoms with Crippen LogP contribution in [0, 0.1) is 0 Å². The van der Waals surface area contributed by atoms with Crippen molar-refractivity contribution in [3.63, 3.8) is 0 Å². The van der Waals surface area contributed by atoms with Crippen LogP contribution in [0.25, 0.3) is 0 Å². The van der Waals surface area contributed by atoms with E-state index in [1.165, 1.54) is 11.1 Å². The third-order valence-corrected chi connectivity index (χ3v) is 5.21. The van der Waals surface area contributed by atoms with E-state index in [-0.39, 0.29) is 24.0 Å². The van der Waals surface area contributed by atoms with Gasteiger partial charge in [-0.3, -0.25) is 0 Å². The summed E-state index contributed by atoms with van der Waals surface area (Å²) in [4.78, 5) is 18.2. The Hall–Kier alpha value is -2.62. The predicted molar refractivity (Wildman–Crippen MR) is 136 cm³/mol. The van der Waals surface area contributed by atoms with Crippen molar-refractivity contribution in [1.82, 2.24) is 24.8 Å². The molecule has 1 aromatic carbocycles. The first-order valence-corrected chi connectivity index (χ1v) is 10.5. The third-order valence-electron chi connectivity index (χ3n) is 5.21. The highest BCUT2D eigenvalue weighted by atomic mass is 127. The molecule has 0 saturated carbocycles. The second kappa shape index (κ2) is 11.7. The van der Waals surface area contributed by atoms with Crippen molar-refractivity contribution >= 4 is 35.8 Å². The second-order valence-electron chi connectivity index (χ2n) is 7.39. The summed E-state index contributed by atoms with van der Waals surface area (Å²) in [7, 11) is 0. The maximum atomic E-state index is 4.92. The summed E-state index contributed by atoms with van der Waals surface area (Å²) in [5.74, 6) is 2.03. The summed E-state index contributed by atoms with van der Waals surface area (Å²) in [6.45, 7) is 8.23. The average Bonchev–Trinajstić information content (AvgIpc) is 3.31. The Labute approximate surface area is 201 Å². The van der Waals surface area contributed by atoms with E-state index in [9.17, 15) is 0 Å². The number of rotatable bonds is 6. The van der Waals surface area contributed by atoms with Gasteiger partial charge in [-0.2, -0.15) is 0 Å². The van der Waals surface area contributed by atoms with Crippen LogP contribution >= 0.6 is 24.0 Å². The minimum atomic E-state index is 0. The number of imidazole rings is 1. The quantitative estimate of drug-likeness (QED) is 0.301. The summed E-state index contributed by atoms with van der Waals surface area (Å²) < 4.78 is 2.08. The second-order valence-corrected chi connectivity index (χ2v) is 7.39. The smallest absolute Gasteiger partial charge is 0.194 e. The zero-order chi connectivity index (χ0) is 20.6. The van der Waals surface area contributed by atoms with Gasteiger partial charge in [0.2, 0.25) is 0 Å². The van der Waals surface area contributed by atoms with Crippen LogP contribution in [-0.2, 0) is 13.1 Å². The molecule has 0 unspecified atom stereocenters. The lowest BCUT2D eigenvalue weighted by molar-refractivity contribution is 0.371. The fourth-order valence-electron chi connectivity index (χ4n) is 3.70. The SMILES string of the molecule is CCNC(=NCc1cccc(Cn2ccnc2)c1)N1CCN(c2ccccn2)CC1.I. The predicted octanol–water partition coefficient (Wildman–Crippen LogP) is 3.23. The van der Waals surface area contributed by atoms with Gasteiger partial charge in [-0.1, -0.05) is 30.3 Å². The Morgan fingerprint density at radius 1 is 1.03 bits per heavy atom. The lowest BCUT2D eigenvalue weighted by Gasteiger charge is -2.37. The number of guanidine groups is 1. The van der Waals surface area contributed by atoms with E-state index in [0.29, 0.717) is 6.54 Å². The van der Waals surface area contributed by atoms with Gasteiger partial charge in [0, 0.05) is 57.9 Å². The fraction of sp³-hybridized carbons (Fsp3) is 0.348. The first kappa shape index (κ1) is 23.1. The number of piperazine rings is 1. The maximum absolute atomic E-state index is 4.92. The number of halogens is 1. The zero-order valence-corrected chi connectivity index (χ0v) is 20.2. The number of aromatic nitrogens is 3. The van der Waals surface area contributed by atoms with E-state index in [1.54, 1.807) is 0 Å². The number of nitrogens with one attached hydrogen (secondary N) is 1. The van der Waals surface area contributed by atoms with Gasteiger partial charge < -0.3 is 19.7 Å². The number of pyridine rings is 1. The highest BCUT2D eigenvalue weighted by molar-refractivity contribution is 14.0. The molecule has 0 atom stereocenters. The molecule has 31 heavy (non-hydrogen) atoms. The molecule has 4 rings (SSSR count). The van der Waals surface area contributed by atoms with Crippen LogP contribution in [0.3, 0.4) is 0 Å². The molecule has 2 aromatic heterocycles. The molecule has 3 heterocycles. The van der Waals surface area contributed by atoms with Crippen LogP contribution < -0.4 is 10.2 Å². The number of hydrogen-bond donors (Lipinski definition) is 1. The Kier molecular flexibility index (Phi) is 8.69. The largest absolute Gasteiger partial charge is 0.357 e. The number of nitrogens with zero attached hydrogens (tertiary/aromatic N) is 6. The molecule has 0 spiro atoms. The molecule has 0 amide bonds. The standard InChI is InChI=1S/C23H29N7.HI/c1-2-25-23(30-14-12-29(13-15-30)22-8-3-4-9-26-22)27-17-20-6-5-7-21(16-20)18-28-11-10-24-19-28;/h3-11,16,19H,2,12-15,17-18H2,1H3,(H,25,27);1H. The Morgan fingerprint density at radius 2 is 1.87 bits per heavy atom. The lowest BCUT2D eigenvalue weighted by Crippen LogP contribution is -2.52. The Balaban J connectivity index is 0.00000272. The zero-order valence-electron chi connectivity index (χ0n) is 17.9. The van der Waals surface area contributed by atoms with Gasteiger partial charge in [0.1, 0.15) is 5.82 Å². The van der Waals surface area contributed by atoms with Crippen molar-refractivity contribution in [2.75, 3.05) is 37.6 Å². The molecule has 0 radical (unpaired) electrons. The van der Waals surface area contributed by atoms with Crippen molar-refractivity contribution < 1.29 is 0 Å². The molecule has 8 heteroatoms. The number of hydrogen-bond acceptors (Lipinski definition) is 4. The normalized spacial score (nSPS) is 14.3. The van der Waals surface area contributed by atoms with Gasteiger partial charge in [0.05, 0.1) is 12.9 Å². The number of benzene rings is 1. The van der Waals surface area contributed by atoms with Crippen LogP contribution in [0.15, 0.2) is 72.4 Å². The summed E-state index contributed by atoms with van der Waals surface area (Å²) in [6.07, 6.45) is 7.50. The molecular formula is C23H30IN7. The minimum Gasteiger partial charge on any atom is -0.357 e. The molecule has 164 valence electrons. The van der Waals surface area contributed by atoms with Gasteiger partial charge in [0.15, 0.2) is 5.96 Å². The molecular weight excluding hydrogens is 501 g/mol. The van der Waals surface area contributed by atoms with Gasteiger partial charge in [-0.05, 0) is 30.2 Å². The highest BCUT2D eigenvalue weighted by Crippen LogP contribution is 2.13. The van der Waals surface area contributed by atoms with Crippen molar-refractivity contribution in [1.29, 1.82) is 0 Å². The van der Waals surface area contributed by atoms with Crippen molar-refractivity contribution in [3.05, 3.63) is 78.5 Å². The molecule has 3 aromatic rings. The average molecular weight is 531 g/mol. The Morgan fingerprint density at radius 3 is 2.58 bits per heavy atom. The summed E-state index contributed by atoms with van der Waals surface area (Å²) in [6, 6.07) is 14.7. The summed E-state index contributed by atoms with van der Waals surface area (Å²) >= 11 is 0. The van der Waals surface area contributed by atoms with Crippen molar-refractivity contribution in [2.24, 2.45) is 4.99 Å². The van der Waals surface area contributed by atoms with E-state index in [4.69, 9.17) is 4.99 Å². The molecule has 1 saturated heterocycles. The summed E-state index contributed by atoms with van der Waals surface area (Å²) in [5, 5.41) is 3.46. The Bertz CT molecular complexity index is 936. The fourth-order valence-corrected chi connectivity index (χ4v) is 3.70. The molecule has 1 aliphatic heterocycles. The molecule has 0 bridgehead atoms.